The van der Waals surface area contributed by atoms with Gasteiger partial charge >= 0.3 is 0 Å². The van der Waals surface area contributed by atoms with E-state index in [0.717, 1.165) is 13.2 Å². The van der Waals surface area contributed by atoms with E-state index in [4.69, 9.17) is 4.74 Å². The van der Waals surface area contributed by atoms with Crippen molar-refractivity contribution in [2.75, 3.05) is 12.1 Å². The maximum atomic E-state index is 13.8. The van der Waals surface area contributed by atoms with Crippen LogP contribution in [0.2, 0.25) is 0 Å². The van der Waals surface area contributed by atoms with Crippen LogP contribution in [0.15, 0.2) is 71.7 Å². The Morgan fingerprint density at radius 2 is 1.67 bits per heavy atom. The Kier molecular flexibility index (Phi) is 6.24. The molecule has 2 aromatic rings. The van der Waals surface area contributed by atoms with Gasteiger partial charge in [-0.1, -0.05) is 24.3 Å². The van der Waals surface area contributed by atoms with Crippen molar-refractivity contribution < 1.29 is 20.1 Å². The zero-order valence-electron chi connectivity index (χ0n) is 24.5. The highest BCUT2D eigenvalue weighted by atomic mass is 16.5. The Labute approximate surface area is 257 Å². The number of rotatable bonds is 4. The van der Waals surface area contributed by atoms with Crippen molar-refractivity contribution in [3.63, 3.8) is 0 Å². The highest BCUT2D eigenvalue weighted by Gasteiger charge is 2.54. The number of benzene rings is 1. The van der Waals surface area contributed by atoms with E-state index in [1.54, 1.807) is 36.7 Å². The minimum atomic E-state index is -2.04. The van der Waals surface area contributed by atoms with Gasteiger partial charge in [0.05, 0.1) is 39.1 Å². The largest absolute Gasteiger partial charge is 0.510 e. The summed E-state index contributed by atoms with van der Waals surface area (Å²) in [5.41, 5.74) is -5.84. The summed E-state index contributed by atoms with van der Waals surface area (Å²) in [4.78, 5) is 69.9. The van der Waals surface area contributed by atoms with Gasteiger partial charge in [0.2, 0.25) is 16.3 Å². The number of hydrogen-bond donors (Lipinski definition) is 4. The Bertz CT molecular complexity index is 2650. The zero-order valence-corrected chi connectivity index (χ0v) is 24.5. The third-order valence-corrected chi connectivity index (χ3v) is 8.92. The van der Waals surface area contributed by atoms with Crippen molar-refractivity contribution in [2.24, 2.45) is 5.10 Å². The Morgan fingerprint density at radius 1 is 0.957 bits per heavy atom. The van der Waals surface area contributed by atoms with Crippen LogP contribution in [0, 0.1) is 10.4 Å². The van der Waals surface area contributed by atoms with Crippen LogP contribution in [0.4, 0.5) is 5.69 Å². The topological polar surface area (TPSA) is 187 Å². The molecule has 4 aliphatic carbocycles. The van der Waals surface area contributed by atoms with Crippen LogP contribution in [0.3, 0.4) is 0 Å². The van der Waals surface area contributed by atoms with Crippen molar-refractivity contribution in [1.82, 2.24) is 4.98 Å². The van der Waals surface area contributed by atoms with Gasteiger partial charge in [-0.3, -0.25) is 24.0 Å². The fourth-order valence-electron chi connectivity index (χ4n) is 6.99. The first-order valence-electron chi connectivity index (χ1n) is 14.4. The lowest BCUT2D eigenvalue weighted by Gasteiger charge is -2.29. The average molecular weight is 620 g/mol. The van der Waals surface area contributed by atoms with Crippen LogP contribution in [0.1, 0.15) is 36.6 Å². The molecule has 0 saturated carbocycles. The van der Waals surface area contributed by atoms with Crippen molar-refractivity contribution in [1.29, 1.82) is 0 Å². The van der Waals surface area contributed by atoms with Gasteiger partial charge in [-0.15, -0.1) is 0 Å². The lowest BCUT2D eigenvalue weighted by Crippen LogP contribution is -2.51. The summed E-state index contributed by atoms with van der Waals surface area (Å²) >= 11 is 0. The van der Waals surface area contributed by atoms with Crippen LogP contribution in [-0.2, 0) is 11.8 Å². The normalized spacial score (nSPS) is 18.7. The molecule has 0 bridgehead atoms. The number of pyridine rings is 1. The second kappa shape index (κ2) is 9.99. The first-order valence-corrected chi connectivity index (χ1v) is 14.4. The summed E-state index contributed by atoms with van der Waals surface area (Å²) in [6, 6.07) is 2.46. The Balaban J connectivity index is 1.66. The molecular weight excluding hydrogens is 594 g/mol. The molecule has 1 spiro atoms. The maximum absolute atomic E-state index is 13.8. The standard InChI is InChI=1S/C34H25N3O9/c1-3-4-5-8-15-13-17-20(33(45)36-15)30(42)25-16(26(17)37-12-7-6-11-35-37)9-10-34(25)31(43)23-24(32(34)44)29(41)22-21(28(23)40)18(38)14-19(46-2)27(22)39/h3-5,7-8,11-14,42-44H,6,9-10H2,1-2H3,(H,36,45)/t34-/m0/s1. The molecule has 0 saturated heterocycles. The molecule has 0 amide bonds. The van der Waals surface area contributed by atoms with Crippen LogP contribution in [0.5, 0.6) is 11.5 Å². The van der Waals surface area contributed by atoms with Gasteiger partial charge in [0.1, 0.15) is 22.7 Å². The number of anilines is 1. The van der Waals surface area contributed by atoms with Gasteiger partial charge in [0.15, 0.2) is 11.2 Å². The summed E-state index contributed by atoms with van der Waals surface area (Å²) in [6.45, 7) is 1.84. The minimum Gasteiger partial charge on any atom is -0.510 e. The summed E-state index contributed by atoms with van der Waals surface area (Å²) in [5.74, 6) is -2.58. The third kappa shape index (κ3) is 3.54. The predicted octanol–water partition coefficient (Wildman–Crippen LogP) is 0.813. The quantitative estimate of drug-likeness (QED) is 0.238. The van der Waals surface area contributed by atoms with Crippen molar-refractivity contribution >= 4 is 40.3 Å². The molecule has 46 heavy (non-hydrogen) atoms. The number of allylic oxidation sites excluding steroid dienone is 4. The number of phenols is 1. The Morgan fingerprint density at radius 3 is 2.33 bits per heavy atom. The minimum absolute atomic E-state index is 0.0942. The first-order chi connectivity index (χ1) is 22.1. The number of nitrogens with one attached hydrogen (secondary N) is 1. The lowest BCUT2D eigenvalue weighted by atomic mass is 9.78. The van der Waals surface area contributed by atoms with E-state index in [0.29, 0.717) is 28.8 Å². The van der Waals surface area contributed by atoms with Gasteiger partial charge in [-0.2, -0.15) is 5.10 Å². The number of aromatic hydroxyl groups is 1. The second-order valence-electron chi connectivity index (χ2n) is 11.2. The number of nitrogens with zero attached hydrogens (tertiary/aromatic N) is 2. The van der Waals surface area contributed by atoms with E-state index in [1.165, 1.54) is 5.01 Å². The fraction of sp³-hybridized carbons (Fsp3) is 0.176. The zero-order chi connectivity index (χ0) is 32.7. The SMILES string of the molecule is CC=CC=Cc1cc2c(N3C=CCC=N3)c3c(c(O)c2c(=O)[nH]1)[C@@]1(CC3)C(O)=c2c(=O)c3c(=O)cc(OC)c(=O)c=3c(=O)c2=C1O. The molecular formula is C34H25N3O9. The van der Waals surface area contributed by atoms with Gasteiger partial charge in [-0.25, -0.2) is 5.01 Å². The van der Waals surface area contributed by atoms with Gasteiger partial charge < -0.3 is 25.0 Å². The number of hydrogen-bond acceptors (Lipinski definition) is 11. The van der Waals surface area contributed by atoms with Crippen molar-refractivity contribution in [2.45, 2.75) is 31.6 Å². The molecule has 1 aliphatic heterocycles. The molecule has 12 nitrogen and oxygen atoms in total. The predicted molar refractivity (Wildman–Crippen MR) is 172 cm³/mol. The monoisotopic (exact) mass is 619 g/mol. The number of aromatic nitrogens is 1. The summed E-state index contributed by atoms with van der Waals surface area (Å²) in [5, 5.41) is 38.9. The van der Waals surface area contributed by atoms with Crippen LogP contribution < -0.4 is 47.5 Å². The lowest BCUT2D eigenvalue weighted by molar-refractivity contribution is 0.362. The van der Waals surface area contributed by atoms with Gasteiger partial charge in [0.25, 0.3) is 5.56 Å². The molecule has 12 heteroatoms. The number of aliphatic hydroxyl groups is 2. The number of phenolic OH excluding ortho intramolecular Hbond substituents is 1. The van der Waals surface area contributed by atoms with Crippen LogP contribution >= 0.6 is 0 Å². The average Bonchev–Trinajstić information content (AvgIpc) is 3.54. The van der Waals surface area contributed by atoms with Gasteiger partial charge in [0, 0.05) is 41.5 Å². The molecule has 0 unspecified atom stereocenters. The fourth-order valence-corrected chi connectivity index (χ4v) is 6.99. The molecule has 4 N–H and O–H groups in total. The number of fused-ring (bicyclic) bond motifs is 4. The number of methoxy groups -OCH3 is 1. The number of aromatic amines is 1. The van der Waals surface area contributed by atoms with E-state index in [9.17, 15) is 39.3 Å². The molecule has 230 valence electrons. The van der Waals surface area contributed by atoms with Crippen LogP contribution in [0.25, 0.3) is 28.4 Å². The number of ether oxygens (including phenoxy) is 1. The van der Waals surface area contributed by atoms with E-state index in [-0.39, 0.29) is 23.8 Å². The number of aliphatic hydroxyl groups excluding tert-OH is 2. The first kappa shape index (κ1) is 28.7. The van der Waals surface area contributed by atoms with E-state index < -0.39 is 76.6 Å². The number of H-pyrrole nitrogens is 1. The molecule has 1 atom stereocenters. The van der Waals surface area contributed by atoms with Gasteiger partial charge in [-0.05, 0) is 37.5 Å². The summed E-state index contributed by atoms with van der Waals surface area (Å²) in [6.07, 6.45) is 12.7. The Hall–Kier alpha value is -6.04. The highest BCUT2D eigenvalue weighted by molar-refractivity contribution is 6.04. The number of hydrazone groups is 1. The molecule has 5 aliphatic rings. The molecule has 1 aromatic heterocycles. The molecule has 2 heterocycles. The second-order valence-corrected chi connectivity index (χ2v) is 11.2. The molecule has 0 radical (unpaired) electrons. The highest BCUT2D eigenvalue weighted by Crippen LogP contribution is 2.57. The van der Waals surface area contributed by atoms with Crippen LogP contribution in [-0.4, -0.2) is 33.6 Å². The molecule has 0 fully saturated rings. The van der Waals surface area contributed by atoms with E-state index in [2.05, 4.69) is 10.1 Å². The maximum Gasteiger partial charge on any atom is 0.260 e. The van der Waals surface area contributed by atoms with E-state index in [1.807, 2.05) is 19.1 Å². The van der Waals surface area contributed by atoms with Crippen molar-refractivity contribution in [3.8, 4) is 11.5 Å². The summed E-state index contributed by atoms with van der Waals surface area (Å²) < 4.78 is 4.94. The van der Waals surface area contributed by atoms with Crippen molar-refractivity contribution in [3.05, 3.63) is 132 Å². The molecule has 7 rings (SSSR count). The molecule has 1 aromatic carbocycles. The third-order valence-electron chi connectivity index (χ3n) is 8.92. The van der Waals surface area contributed by atoms with E-state index >= 15 is 0 Å². The summed E-state index contributed by atoms with van der Waals surface area (Å²) in [7, 11) is 1.13. The smallest absolute Gasteiger partial charge is 0.260 e.